The fourth-order valence-electron chi connectivity index (χ4n) is 4.58. The van der Waals surface area contributed by atoms with E-state index in [4.69, 9.17) is 13.6 Å². The van der Waals surface area contributed by atoms with Crippen molar-refractivity contribution in [2.24, 2.45) is 0 Å². The molecule has 0 spiro atoms. The highest BCUT2D eigenvalue weighted by molar-refractivity contribution is 6.20. The lowest BCUT2D eigenvalue weighted by molar-refractivity contribution is 0.101. The maximum atomic E-state index is 13.8. The molecule has 2 heterocycles. The van der Waals surface area contributed by atoms with Crippen molar-refractivity contribution in [3.63, 3.8) is 0 Å². The lowest BCUT2D eigenvalue weighted by atomic mass is 9.96. The molecule has 0 aliphatic heterocycles. The van der Waals surface area contributed by atoms with Crippen molar-refractivity contribution in [1.29, 1.82) is 0 Å². The second kappa shape index (κ2) is 10.2. The van der Waals surface area contributed by atoms with Gasteiger partial charge in [0.05, 0.1) is 12.0 Å². The molecule has 36 heavy (non-hydrogen) atoms. The summed E-state index contributed by atoms with van der Waals surface area (Å²) in [6.45, 7) is 4.66. The van der Waals surface area contributed by atoms with Crippen LogP contribution in [0, 0.1) is 6.92 Å². The van der Waals surface area contributed by atoms with Gasteiger partial charge in [0, 0.05) is 22.6 Å². The first-order valence-electron chi connectivity index (χ1n) is 12.4. The quantitative estimate of drug-likeness (QED) is 0.123. The average Bonchev–Trinajstić information content (AvgIpc) is 3.29. The van der Waals surface area contributed by atoms with Gasteiger partial charge in [-0.05, 0) is 48.7 Å². The van der Waals surface area contributed by atoms with Crippen LogP contribution in [0.5, 0.6) is 5.75 Å². The molecule has 0 atom stereocenters. The van der Waals surface area contributed by atoms with E-state index in [1.807, 2.05) is 61.5 Å². The van der Waals surface area contributed by atoms with Gasteiger partial charge in [-0.3, -0.25) is 4.79 Å². The molecule has 0 aliphatic rings. The lowest BCUT2D eigenvalue weighted by Crippen LogP contribution is -2.03. The average molecular weight is 481 g/mol. The number of furan rings is 1. The molecule has 0 saturated carbocycles. The first kappa shape index (κ1) is 23.6. The molecule has 3 aromatic carbocycles. The Labute approximate surface area is 209 Å². The predicted octanol–water partition coefficient (Wildman–Crippen LogP) is 7.70. The van der Waals surface area contributed by atoms with Gasteiger partial charge in [-0.1, -0.05) is 68.7 Å². The van der Waals surface area contributed by atoms with Crippen molar-refractivity contribution < 1.29 is 18.4 Å². The molecule has 0 fully saturated rings. The second-order valence-corrected chi connectivity index (χ2v) is 9.00. The maximum Gasteiger partial charge on any atom is 0.336 e. The number of fused-ring (bicyclic) bond motifs is 3. The summed E-state index contributed by atoms with van der Waals surface area (Å²) >= 11 is 0. The highest BCUT2D eigenvalue weighted by Gasteiger charge is 2.26. The van der Waals surface area contributed by atoms with Crippen LogP contribution in [-0.2, 0) is 0 Å². The molecule has 0 radical (unpaired) electrons. The number of hydrogen-bond donors (Lipinski definition) is 0. The van der Waals surface area contributed by atoms with E-state index in [0.29, 0.717) is 40.0 Å². The van der Waals surface area contributed by atoms with Crippen molar-refractivity contribution >= 4 is 27.7 Å². The number of hydrogen-bond acceptors (Lipinski definition) is 5. The summed E-state index contributed by atoms with van der Waals surface area (Å²) in [5.74, 6) is 0.597. The van der Waals surface area contributed by atoms with Crippen LogP contribution in [0.3, 0.4) is 0 Å². The topological polar surface area (TPSA) is 69.7 Å². The minimum atomic E-state index is -0.440. The van der Waals surface area contributed by atoms with Gasteiger partial charge in [0.2, 0.25) is 5.78 Å². The van der Waals surface area contributed by atoms with Crippen LogP contribution in [0.2, 0.25) is 0 Å². The number of ether oxygens (including phenoxy) is 1. The number of carbonyl (C=O) groups excluding carboxylic acids is 1. The summed E-state index contributed by atoms with van der Waals surface area (Å²) < 4.78 is 17.7. The Bertz CT molecular complexity index is 1590. The minimum Gasteiger partial charge on any atom is -0.494 e. The summed E-state index contributed by atoms with van der Waals surface area (Å²) in [4.78, 5) is 26.1. The number of benzene rings is 3. The normalized spacial score (nSPS) is 11.3. The summed E-state index contributed by atoms with van der Waals surface area (Å²) in [5, 5.41) is 1.42. The number of aryl methyl sites for hydroxylation is 1. The van der Waals surface area contributed by atoms with E-state index < -0.39 is 5.63 Å². The third-order valence-corrected chi connectivity index (χ3v) is 6.40. The molecule has 0 saturated heterocycles. The van der Waals surface area contributed by atoms with Crippen molar-refractivity contribution in [3.05, 3.63) is 100 Å². The van der Waals surface area contributed by atoms with E-state index in [1.54, 1.807) is 12.1 Å². The highest BCUT2D eigenvalue weighted by atomic mass is 16.5. The first-order valence-corrected chi connectivity index (χ1v) is 12.4. The molecule has 5 aromatic rings. The van der Waals surface area contributed by atoms with Crippen molar-refractivity contribution in [3.8, 4) is 16.9 Å². The summed E-state index contributed by atoms with van der Waals surface area (Å²) in [5.41, 5.74) is 3.16. The smallest absolute Gasteiger partial charge is 0.336 e. The van der Waals surface area contributed by atoms with Gasteiger partial charge >= 0.3 is 5.63 Å². The Hall–Kier alpha value is -4.12. The van der Waals surface area contributed by atoms with Crippen LogP contribution in [0.4, 0.5) is 0 Å². The van der Waals surface area contributed by atoms with Crippen molar-refractivity contribution in [2.45, 2.75) is 39.5 Å². The van der Waals surface area contributed by atoms with E-state index in [2.05, 4.69) is 6.92 Å². The molecule has 5 nitrogen and oxygen atoms in total. The molecule has 0 bridgehead atoms. The van der Waals surface area contributed by atoms with Crippen molar-refractivity contribution in [1.82, 2.24) is 0 Å². The number of carbonyl (C=O) groups is 1. The van der Waals surface area contributed by atoms with Gasteiger partial charge in [-0.25, -0.2) is 4.79 Å². The first-order chi connectivity index (χ1) is 17.6. The number of ketones is 1. The maximum absolute atomic E-state index is 13.8. The molecular formula is C31H28O5. The van der Waals surface area contributed by atoms with E-state index in [-0.39, 0.29) is 11.5 Å². The molecule has 0 aliphatic carbocycles. The van der Waals surface area contributed by atoms with E-state index in [9.17, 15) is 9.59 Å². The van der Waals surface area contributed by atoms with Crippen LogP contribution in [0.15, 0.2) is 86.4 Å². The van der Waals surface area contributed by atoms with Crippen LogP contribution >= 0.6 is 0 Å². The van der Waals surface area contributed by atoms with Gasteiger partial charge in [-0.2, -0.15) is 0 Å². The molecule has 0 amide bonds. The third kappa shape index (κ3) is 4.57. The SMILES string of the molecule is CCCCCCOc1cccc(C(=O)c2oc3ccc4c(C)cc(=O)oc4c3c2-c2ccccc2)c1. The second-order valence-electron chi connectivity index (χ2n) is 9.00. The largest absolute Gasteiger partial charge is 0.494 e. The van der Waals surface area contributed by atoms with Crippen LogP contribution < -0.4 is 10.4 Å². The van der Waals surface area contributed by atoms with Gasteiger partial charge in [-0.15, -0.1) is 0 Å². The molecule has 182 valence electrons. The Balaban J connectivity index is 1.62. The van der Waals surface area contributed by atoms with Gasteiger partial charge in [0.1, 0.15) is 16.9 Å². The Kier molecular flexibility index (Phi) is 6.72. The zero-order valence-corrected chi connectivity index (χ0v) is 20.5. The fourth-order valence-corrected chi connectivity index (χ4v) is 4.58. The zero-order valence-electron chi connectivity index (χ0n) is 20.5. The number of unbranched alkanes of at least 4 members (excludes halogenated alkanes) is 3. The van der Waals surface area contributed by atoms with Crippen LogP contribution in [0.25, 0.3) is 33.1 Å². The summed E-state index contributed by atoms with van der Waals surface area (Å²) in [7, 11) is 0. The van der Waals surface area contributed by atoms with Gasteiger partial charge in [0.25, 0.3) is 0 Å². The molecule has 0 N–H and O–H groups in total. The van der Waals surface area contributed by atoms with Gasteiger partial charge < -0.3 is 13.6 Å². The zero-order chi connectivity index (χ0) is 25.1. The molecular weight excluding hydrogens is 452 g/mol. The minimum absolute atomic E-state index is 0.202. The van der Waals surface area contributed by atoms with Crippen LogP contribution in [-0.4, -0.2) is 12.4 Å². The highest BCUT2D eigenvalue weighted by Crippen LogP contribution is 2.40. The van der Waals surface area contributed by atoms with E-state index >= 15 is 0 Å². The number of rotatable bonds is 9. The van der Waals surface area contributed by atoms with Crippen molar-refractivity contribution in [2.75, 3.05) is 6.61 Å². The van der Waals surface area contributed by atoms with Crippen LogP contribution in [0.1, 0.15) is 54.3 Å². The predicted molar refractivity (Wildman–Crippen MR) is 142 cm³/mol. The molecule has 0 unspecified atom stereocenters. The fraction of sp³-hybridized carbons (Fsp3) is 0.226. The van der Waals surface area contributed by atoms with E-state index in [1.165, 1.54) is 18.9 Å². The standard InChI is InChI=1S/C31H28O5/c1-3-4-5-9-17-34-23-14-10-13-22(19-23)29(33)31-27(21-11-7-6-8-12-21)28-25(35-31)16-15-24-20(2)18-26(32)36-30(24)28/h6-8,10-16,18-19H,3-5,9,17H2,1-2H3. The third-order valence-electron chi connectivity index (χ3n) is 6.40. The van der Waals surface area contributed by atoms with E-state index in [0.717, 1.165) is 29.4 Å². The Morgan fingerprint density at radius 3 is 2.53 bits per heavy atom. The van der Waals surface area contributed by atoms with Gasteiger partial charge in [0.15, 0.2) is 5.76 Å². The summed E-state index contributed by atoms with van der Waals surface area (Å²) in [6.07, 6.45) is 4.46. The lowest BCUT2D eigenvalue weighted by Gasteiger charge is -2.08. The summed E-state index contributed by atoms with van der Waals surface area (Å²) in [6, 6.07) is 21.9. The Morgan fingerprint density at radius 1 is 0.889 bits per heavy atom. The molecule has 5 rings (SSSR count). The Morgan fingerprint density at radius 2 is 1.72 bits per heavy atom. The molecule has 2 aromatic heterocycles. The monoisotopic (exact) mass is 480 g/mol. The molecule has 5 heteroatoms.